The lowest BCUT2D eigenvalue weighted by Gasteiger charge is -2.17. The first-order valence-corrected chi connectivity index (χ1v) is 5.82. The van der Waals surface area contributed by atoms with Crippen molar-refractivity contribution >= 4 is 17.3 Å². The third kappa shape index (κ3) is 3.87. The predicted molar refractivity (Wildman–Crippen MR) is 65.1 cm³/mol. The van der Waals surface area contributed by atoms with E-state index in [-0.39, 0.29) is 6.04 Å². The zero-order valence-electron chi connectivity index (χ0n) is 9.69. The van der Waals surface area contributed by atoms with Gasteiger partial charge >= 0.3 is 0 Å². The van der Waals surface area contributed by atoms with Gasteiger partial charge in [-0.1, -0.05) is 0 Å². The van der Waals surface area contributed by atoms with Gasteiger partial charge in [-0.25, -0.2) is 4.98 Å². The van der Waals surface area contributed by atoms with Crippen molar-refractivity contribution in [2.24, 2.45) is 10.7 Å². The molecule has 1 aromatic heterocycles. The van der Waals surface area contributed by atoms with Crippen LogP contribution in [0.2, 0.25) is 0 Å². The van der Waals surface area contributed by atoms with Crippen LogP contribution >= 0.6 is 11.3 Å². The van der Waals surface area contributed by atoms with Crippen LogP contribution in [0.15, 0.2) is 10.4 Å². The van der Waals surface area contributed by atoms with Gasteiger partial charge in [0.05, 0.1) is 17.2 Å². The van der Waals surface area contributed by atoms with Gasteiger partial charge in [0.25, 0.3) is 0 Å². The van der Waals surface area contributed by atoms with Crippen LogP contribution in [0.3, 0.4) is 0 Å². The van der Waals surface area contributed by atoms with Crippen molar-refractivity contribution in [3.63, 3.8) is 0 Å². The second-order valence-corrected chi connectivity index (χ2v) is 4.86. The van der Waals surface area contributed by atoms with E-state index in [1.54, 1.807) is 11.3 Å². The molecule has 0 radical (unpaired) electrons. The van der Waals surface area contributed by atoms with E-state index in [4.69, 9.17) is 5.73 Å². The fraction of sp³-hybridized carbons (Fsp3) is 0.600. The van der Waals surface area contributed by atoms with Gasteiger partial charge in [-0.05, 0) is 20.8 Å². The third-order valence-corrected chi connectivity index (χ3v) is 2.67. The van der Waals surface area contributed by atoms with E-state index in [1.165, 1.54) is 0 Å². The molecule has 0 bridgehead atoms. The Morgan fingerprint density at radius 3 is 2.80 bits per heavy atom. The molecule has 0 unspecified atom stereocenters. The molecule has 5 heteroatoms. The molecule has 0 aliphatic carbocycles. The molecule has 0 aromatic carbocycles. The highest BCUT2D eigenvalue weighted by Crippen LogP contribution is 2.09. The summed E-state index contributed by atoms with van der Waals surface area (Å²) >= 11 is 1.65. The molecule has 1 heterocycles. The number of aromatic nitrogens is 1. The highest BCUT2D eigenvalue weighted by Gasteiger charge is 2.06. The maximum Gasteiger partial charge on any atom is 0.191 e. The summed E-state index contributed by atoms with van der Waals surface area (Å²) in [6, 6.07) is 0.227. The number of guanidine groups is 1. The highest BCUT2D eigenvalue weighted by molar-refractivity contribution is 7.09. The molecule has 4 nitrogen and oxygen atoms in total. The summed E-state index contributed by atoms with van der Waals surface area (Å²) in [7, 11) is 1.93. The molecule has 0 fully saturated rings. The SMILES string of the molecule is Cc1nc(CN(C)C(N)=NC(C)C)cs1. The smallest absolute Gasteiger partial charge is 0.191 e. The second-order valence-electron chi connectivity index (χ2n) is 3.79. The number of hydrogen-bond donors (Lipinski definition) is 1. The standard InChI is InChI=1S/C10H18N4S/c1-7(2)12-10(11)14(4)5-9-6-15-8(3)13-9/h6-7H,5H2,1-4H3,(H2,11,12). The predicted octanol–water partition coefficient (Wildman–Crippen LogP) is 1.61. The third-order valence-electron chi connectivity index (χ3n) is 1.85. The Labute approximate surface area is 94.8 Å². The Kier molecular flexibility index (Phi) is 4.08. The van der Waals surface area contributed by atoms with Crippen molar-refractivity contribution in [3.05, 3.63) is 16.1 Å². The summed E-state index contributed by atoms with van der Waals surface area (Å²) in [6.45, 7) is 6.73. The molecule has 1 rings (SSSR count). The molecule has 0 aliphatic rings. The summed E-state index contributed by atoms with van der Waals surface area (Å²) in [5.74, 6) is 0.565. The first-order chi connectivity index (χ1) is 6.99. The van der Waals surface area contributed by atoms with Crippen LogP contribution in [-0.2, 0) is 6.54 Å². The summed E-state index contributed by atoms with van der Waals surface area (Å²) in [6.07, 6.45) is 0. The number of nitrogens with two attached hydrogens (primary N) is 1. The van der Waals surface area contributed by atoms with Crippen molar-refractivity contribution in [2.45, 2.75) is 33.4 Å². The fourth-order valence-electron chi connectivity index (χ4n) is 1.17. The lowest BCUT2D eigenvalue weighted by Crippen LogP contribution is -2.34. The van der Waals surface area contributed by atoms with Crippen LogP contribution in [-0.4, -0.2) is 28.9 Å². The summed E-state index contributed by atoms with van der Waals surface area (Å²) in [4.78, 5) is 10.6. The minimum Gasteiger partial charge on any atom is -0.370 e. The van der Waals surface area contributed by atoms with E-state index in [1.807, 2.05) is 32.7 Å². The van der Waals surface area contributed by atoms with E-state index in [0.29, 0.717) is 12.5 Å². The normalized spacial score (nSPS) is 12.2. The van der Waals surface area contributed by atoms with E-state index >= 15 is 0 Å². The Balaban J connectivity index is 2.59. The number of nitrogens with zero attached hydrogens (tertiary/aromatic N) is 3. The summed E-state index contributed by atoms with van der Waals surface area (Å²) < 4.78 is 0. The zero-order chi connectivity index (χ0) is 11.4. The minimum atomic E-state index is 0.227. The molecule has 0 saturated heterocycles. The summed E-state index contributed by atoms with van der Waals surface area (Å²) in [5, 5.41) is 3.13. The van der Waals surface area contributed by atoms with Crippen molar-refractivity contribution in [3.8, 4) is 0 Å². The van der Waals surface area contributed by atoms with E-state index in [9.17, 15) is 0 Å². The Morgan fingerprint density at radius 1 is 1.67 bits per heavy atom. The first-order valence-electron chi connectivity index (χ1n) is 4.94. The molecule has 15 heavy (non-hydrogen) atoms. The van der Waals surface area contributed by atoms with Crippen molar-refractivity contribution in [1.82, 2.24) is 9.88 Å². The Morgan fingerprint density at radius 2 is 2.33 bits per heavy atom. The van der Waals surface area contributed by atoms with Gasteiger partial charge < -0.3 is 10.6 Å². The van der Waals surface area contributed by atoms with Crippen molar-refractivity contribution < 1.29 is 0 Å². The van der Waals surface area contributed by atoms with Gasteiger partial charge in [0, 0.05) is 18.5 Å². The van der Waals surface area contributed by atoms with Gasteiger partial charge in [-0.2, -0.15) is 0 Å². The van der Waals surface area contributed by atoms with Gasteiger partial charge in [-0.3, -0.25) is 4.99 Å². The zero-order valence-corrected chi connectivity index (χ0v) is 10.5. The van der Waals surface area contributed by atoms with Crippen LogP contribution in [0.5, 0.6) is 0 Å². The molecule has 0 amide bonds. The molecule has 0 spiro atoms. The van der Waals surface area contributed by atoms with Crippen molar-refractivity contribution in [2.75, 3.05) is 7.05 Å². The second kappa shape index (κ2) is 5.11. The van der Waals surface area contributed by atoms with Gasteiger partial charge in [0.2, 0.25) is 0 Å². The van der Waals surface area contributed by atoms with Crippen LogP contribution in [0, 0.1) is 6.92 Å². The van der Waals surface area contributed by atoms with Gasteiger partial charge in [0.15, 0.2) is 5.96 Å². The van der Waals surface area contributed by atoms with E-state index in [2.05, 4.69) is 15.4 Å². The summed E-state index contributed by atoms with van der Waals surface area (Å²) in [5.41, 5.74) is 6.87. The number of rotatable bonds is 3. The first kappa shape index (κ1) is 12.0. The van der Waals surface area contributed by atoms with Gasteiger partial charge in [0.1, 0.15) is 0 Å². The molecule has 84 valence electrons. The van der Waals surface area contributed by atoms with Crippen molar-refractivity contribution in [1.29, 1.82) is 0 Å². The topological polar surface area (TPSA) is 54.5 Å². The number of aliphatic imine (C=N–C) groups is 1. The molecule has 1 aromatic rings. The van der Waals surface area contributed by atoms with E-state index in [0.717, 1.165) is 10.7 Å². The quantitative estimate of drug-likeness (QED) is 0.629. The monoisotopic (exact) mass is 226 g/mol. The van der Waals surface area contributed by atoms with Crippen LogP contribution in [0.4, 0.5) is 0 Å². The Hall–Kier alpha value is -1.10. The molecular weight excluding hydrogens is 208 g/mol. The van der Waals surface area contributed by atoms with E-state index < -0.39 is 0 Å². The molecule has 0 aliphatic heterocycles. The Bertz CT molecular complexity index is 343. The maximum absolute atomic E-state index is 5.82. The van der Waals surface area contributed by atoms with Gasteiger partial charge in [-0.15, -0.1) is 11.3 Å². The number of thiazole rings is 1. The molecule has 0 atom stereocenters. The fourth-order valence-corrected chi connectivity index (χ4v) is 1.77. The minimum absolute atomic E-state index is 0.227. The average Bonchev–Trinajstić information content (AvgIpc) is 2.50. The molecule has 2 N–H and O–H groups in total. The number of aryl methyl sites for hydroxylation is 1. The molecular formula is C10H18N4S. The van der Waals surface area contributed by atoms with Crippen LogP contribution in [0.25, 0.3) is 0 Å². The largest absolute Gasteiger partial charge is 0.370 e. The number of hydrogen-bond acceptors (Lipinski definition) is 3. The maximum atomic E-state index is 5.82. The average molecular weight is 226 g/mol. The lowest BCUT2D eigenvalue weighted by atomic mass is 10.4. The lowest BCUT2D eigenvalue weighted by molar-refractivity contribution is 0.483. The molecule has 0 saturated carbocycles. The van der Waals surface area contributed by atoms with Crippen LogP contribution < -0.4 is 5.73 Å². The highest BCUT2D eigenvalue weighted by atomic mass is 32.1. The van der Waals surface area contributed by atoms with Crippen LogP contribution in [0.1, 0.15) is 24.5 Å².